The molecule has 0 aliphatic heterocycles. The van der Waals surface area contributed by atoms with E-state index >= 15 is 0 Å². The molecule has 0 spiro atoms. The molecule has 0 saturated carbocycles. The van der Waals surface area contributed by atoms with E-state index in [4.69, 9.17) is 5.73 Å². The van der Waals surface area contributed by atoms with Crippen molar-refractivity contribution in [1.29, 1.82) is 0 Å². The van der Waals surface area contributed by atoms with Gasteiger partial charge in [-0.25, -0.2) is 4.79 Å². The van der Waals surface area contributed by atoms with E-state index in [-0.39, 0.29) is 5.69 Å². The minimum absolute atomic E-state index is 0.155. The van der Waals surface area contributed by atoms with Gasteiger partial charge in [0.05, 0.1) is 11.0 Å². The molecule has 0 saturated heterocycles. The second-order valence-electron chi connectivity index (χ2n) is 5.34. The zero-order chi connectivity index (χ0) is 13.8. The monoisotopic (exact) mass is 262 g/mol. The molecule has 1 atom stereocenters. The highest BCUT2D eigenvalue weighted by atomic mass is 16.1. The van der Waals surface area contributed by atoms with E-state index in [2.05, 4.69) is 34.9 Å². The van der Waals surface area contributed by atoms with Gasteiger partial charge in [-0.15, -0.1) is 0 Å². The van der Waals surface area contributed by atoms with E-state index in [0.717, 1.165) is 37.1 Å². The molecule has 5 heteroatoms. The van der Waals surface area contributed by atoms with Crippen LogP contribution in [0.2, 0.25) is 0 Å². The first kappa shape index (κ1) is 13.8. The Balaban J connectivity index is 2.02. The van der Waals surface area contributed by atoms with Gasteiger partial charge in [0.1, 0.15) is 0 Å². The van der Waals surface area contributed by atoms with Gasteiger partial charge in [0.25, 0.3) is 0 Å². The molecule has 1 aromatic heterocycles. The summed E-state index contributed by atoms with van der Waals surface area (Å²) < 4.78 is 0. The van der Waals surface area contributed by atoms with Crippen LogP contribution in [0.4, 0.5) is 0 Å². The van der Waals surface area contributed by atoms with Crippen LogP contribution < -0.4 is 11.4 Å². The Bertz CT molecular complexity index is 586. The number of imidazole rings is 1. The van der Waals surface area contributed by atoms with Crippen molar-refractivity contribution in [3.05, 3.63) is 34.2 Å². The van der Waals surface area contributed by atoms with Crippen molar-refractivity contribution in [3.63, 3.8) is 0 Å². The lowest BCUT2D eigenvalue weighted by molar-refractivity contribution is 0.273. The van der Waals surface area contributed by atoms with Crippen molar-refractivity contribution < 1.29 is 0 Å². The van der Waals surface area contributed by atoms with Crippen LogP contribution in [0.5, 0.6) is 0 Å². The Morgan fingerprint density at radius 3 is 2.79 bits per heavy atom. The van der Waals surface area contributed by atoms with Crippen LogP contribution in [0.3, 0.4) is 0 Å². The summed E-state index contributed by atoms with van der Waals surface area (Å²) in [5, 5.41) is 0. The van der Waals surface area contributed by atoms with Crippen molar-refractivity contribution in [2.75, 3.05) is 20.1 Å². The van der Waals surface area contributed by atoms with Gasteiger partial charge in [-0.1, -0.05) is 13.0 Å². The average molecular weight is 262 g/mol. The molecular weight excluding hydrogens is 240 g/mol. The smallest absolute Gasteiger partial charge is 0.323 e. The third-order valence-corrected chi connectivity index (χ3v) is 3.32. The first-order valence-electron chi connectivity index (χ1n) is 6.68. The van der Waals surface area contributed by atoms with Crippen LogP contribution in [-0.4, -0.2) is 35.0 Å². The summed E-state index contributed by atoms with van der Waals surface area (Å²) in [6, 6.07) is 6.02. The van der Waals surface area contributed by atoms with Crippen molar-refractivity contribution in [2.45, 2.75) is 19.9 Å². The van der Waals surface area contributed by atoms with Crippen molar-refractivity contribution >= 4 is 11.0 Å². The molecule has 2 aromatic rings. The summed E-state index contributed by atoms with van der Waals surface area (Å²) in [6.45, 7) is 4.86. The van der Waals surface area contributed by atoms with Crippen LogP contribution >= 0.6 is 0 Å². The summed E-state index contributed by atoms with van der Waals surface area (Å²) in [7, 11) is 2.11. The minimum Gasteiger partial charge on any atom is -0.330 e. The summed E-state index contributed by atoms with van der Waals surface area (Å²) in [6.07, 6.45) is 1.05. The lowest BCUT2D eigenvalue weighted by Crippen LogP contribution is -2.25. The van der Waals surface area contributed by atoms with Crippen LogP contribution in [0, 0.1) is 5.92 Å². The lowest BCUT2D eigenvalue weighted by atomic mass is 10.1. The van der Waals surface area contributed by atoms with Crippen LogP contribution in [-0.2, 0) is 6.54 Å². The number of nitrogens with two attached hydrogens (primary N) is 1. The molecule has 104 valence electrons. The highest BCUT2D eigenvalue weighted by molar-refractivity contribution is 5.74. The van der Waals surface area contributed by atoms with Gasteiger partial charge in [-0.3, -0.25) is 0 Å². The zero-order valence-electron chi connectivity index (χ0n) is 11.6. The molecule has 0 aliphatic rings. The van der Waals surface area contributed by atoms with Crippen molar-refractivity contribution in [2.24, 2.45) is 11.7 Å². The molecule has 0 bridgehead atoms. The summed E-state index contributed by atoms with van der Waals surface area (Å²) >= 11 is 0. The first-order chi connectivity index (χ1) is 9.08. The number of aromatic nitrogens is 2. The molecular formula is C14H22N4O. The maximum atomic E-state index is 11.2. The van der Waals surface area contributed by atoms with Crippen LogP contribution in [0.25, 0.3) is 11.0 Å². The highest BCUT2D eigenvalue weighted by Crippen LogP contribution is 2.13. The molecule has 0 amide bonds. The second-order valence-corrected chi connectivity index (χ2v) is 5.34. The molecule has 1 heterocycles. The standard InChI is InChI=1S/C14H22N4O/c1-10(5-6-15)8-18(2)9-11-3-4-12-13(7-11)17-14(19)16-12/h3-4,7,10H,5-6,8-9,15H2,1-2H3,(H2,16,17,19). The highest BCUT2D eigenvalue weighted by Gasteiger charge is 2.07. The fraction of sp³-hybridized carbons (Fsp3) is 0.500. The number of benzene rings is 1. The number of rotatable bonds is 6. The maximum Gasteiger partial charge on any atom is 0.323 e. The van der Waals surface area contributed by atoms with E-state index in [1.165, 1.54) is 5.56 Å². The van der Waals surface area contributed by atoms with Gasteiger partial charge < -0.3 is 20.6 Å². The first-order valence-corrected chi connectivity index (χ1v) is 6.68. The Labute approximate surface area is 112 Å². The quantitative estimate of drug-likeness (QED) is 0.733. The normalized spacial score (nSPS) is 13.3. The number of nitrogens with zero attached hydrogens (tertiary/aromatic N) is 1. The summed E-state index contributed by atoms with van der Waals surface area (Å²) in [4.78, 5) is 19.0. The lowest BCUT2D eigenvalue weighted by Gasteiger charge is -2.21. The molecule has 2 rings (SSSR count). The molecule has 1 aromatic carbocycles. The summed E-state index contributed by atoms with van der Waals surface area (Å²) in [5.41, 5.74) is 8.33. The Kier molecular flexibility index (Phi) is 4.39. The fourth-order valence-electron chi connectivity index (χ4n) is 2.46. The van der Waals surface area contributed by atoms with E-state index in [1.807, 2.05) is 12.1 Å². The molecule has 0 aliphatic carbocycles. The van der Waals surface area contributed by atoms with Gasteiger partial charge in [-0.2, -0.15) is 0 Å². The van der Waals surface area contributed by atoms with Crippen LogP contribution in [0.15, 0.2) is 23.0 Å². The van der Waals surface area contributed by atoms with Gasteiger partial charge >= 0.3 is 5.69 Å². The van der Waals surface area contributed by atoms with Gasteiger partial charge in [-0.05, 0) is 43.6 Å². The molecule has 4 N–H and O–H groups in total. The zero-order valence-corrected chi connectivity index (χ0v) is 11.6. The Morgan fingerprint density at radius 2 is 2.05 bits per heavy atom. The fourth-order valence-corrected chi connectivity index (χ4v) is 2.46. The number of fused-ring (bicyclic) bond motifs is 1. The molecule has 0 radical (unpaired) electrons. The van der Waals surface area contributed by atoms with Crippen molar-refractivity contribution in [1.82, 2.24) is 14.9 Å². The van der Waals surface area contributed by atoms with Crippen molar-refractivity contribution in [3.8, 4) is 0 Å². The SMILES string of the molecule is CC(CCN)CN(C)Cc1ccc2[nH]c(=O)[nH]c2c1. The molecule has 1 unspecified atom stereocenters. The van der Waals surface area contributed by atoms with Gasteiger partial charge in [0.15, 0.2) is 0 Å². The molecule has 0 fully saturated rings. The van der Waals surface area contributed by atoms with E-state index in [9.17, 15) is 4.79 Å². The number of nitrogens with one attached hydrogen (secondary N) is 2. The Hall–Kier alpha value is -1.59. The second kappa shape index (κ2) is 6.04. The number of aromatic amines is 2. The topological polar surface area (TPSA) is 77.9 Å². The average Bonchev–Trinajstić information content (AvgIpc) is 2.68. The number of H-pyrrole nitrogens is 2. The number of hydrogen-bond donors (Lipinski definition) is 3. The van der Waals surface area contributed by atoms with Crippen LogP contribution in [0.1, 0.15) is 18.9 Å². The van der Waals surface area contributed by atoms with Gasteiger partial charge in [0, 0.05) is 13.1 Å². The van der Waals surface area contributed by atoms with Gasteiger partial charge in [0.2, 0.25) is 0 Å². The van der Waals surface area contributed by atoms with E-state index < -0.39 is 0 Å². The molecule has 5 nitrogen and oxygen atoms in total. The number of hydrogen-bond acceptors (Lipinski definition) is 3. The molecule has 19 heavy (non-hydrogen) atoms. The predicted octanol–water partition coefficient (Wildman–Crippen LogP) is 1.27. The largest absolute Gasteiger partial charge is 0.330 e. The Morgan fingerprint density at radius 1 is 1.32 bits per heavy atom. The third-order valence-electron chi connectivity index (χ3n) is 3.32. The summed E-state index contributed by atoms with van der Waals surface area (Å²) in [5.74, 6) is 0.603. The van der Waals surface area contributed by atoms with E-state index in [1.54, 1.807) is 0 Å². The minimum atomic E-state index is -0.155. The third kappa shape index (κ3) is 3.68. The van der Waals surface area contributed by atoms with E-state index in [0.29, 0.717) is 5.92 Å². The maximum absolute atomic E-state index is 11.2. The predicted molar refractivity (Wildman–Crippen MR) is 78.1 cm³/mol.